The van der Waals surface area contributed by atoms with E-state index in [1.807, 2.05) is 42.5 Å². The lowest BCUT2D eigenvalue weighted by Gasteiger charge is -2.18. The molecule has 0 spiro atoms. The van der Waals surface area contributed by atoms with Crippen LogP contribution in [0.5, 0.6) is 0 Å². The quantitative estimate of drug-likeness (QED) is 0.215. The molecule has 0 heterocycles. The first-order chi connectivity index (χ1) is 9.88. The fraction of sp³-hybridized carbons (Fsp3) is 0.0625. The Morgan fingerprint density at radius 3 is 2.10 bits per heavy atom. The minimum absolute atomic E-state index is 0.291. The number of fused-ring (bicyclic) bond motifs is 2. The molecule has 0 aliphatic carbocycles. The van der Waals surface area contributed by atoms with Crippen molar-refractivity contribution in [3.05, 3.63) is 59.7 Å². The zero-order valence-corrected chi connectivity index (χ0v) is 17.1. The smallest absolute Gasteiger partial charge is 0.336 e. The molecule has 0 saturated heterocycles. The van der Waals surface area contributed by atoms with Crippen LogP contribution >= 0.6 is 67.8 Å². The molecule has 0 bridgehead atoms. The van der Waals surface area contributed by atoms with Crippen molar-refractivity contribution in [1.82, 2.24) is 0 Å². The second-order valence-electron chi connectivity index (χ2n) is 4.71. The zero-order valence-electron chi connectivity index (χ0n) is 10.6. The summed E-state index contributed by atoms with van der Waals surface area (Å²) in [5.41, 5.74) is 1.23. The van der Waals surface area contributed by atoms with E-state index in [-0.39, 0.29) is -0.565 Å². The van der Waals surface area contributed by atoms with Gasteiger partial charge in [0.1, 0.15) is -0.565 Å². The van der Waals surface area contributed by atoms with Crippen molar-refractivity contribution < 1.29 is 9.90 Å². The van der Waals surface area contributed by atoms with Crippen LogP contribution in [-0.2, 0) is -0.565 Å². The molecule has 1 N–H and O–H groups in total. The van der Waals surface area contributed by atoms with Gasteiger partial charge in [0.05, 0.1) is 5.56 Å². The molecule has 21 heavy (non-hydrogen) atoms. The van der Waals surface area contributed by atoms with Crippen LogP contribution in [0, 0.1) is 0 Å². The maximum absolute atomic E-state index is 11.8. The number of carbonyl (C=O) groups is 1. The summed E-state index contributed by atoms with van der Waals surface area (Å²) in [6.07, 6.45) is 0. The molecule has 3 rings (SSSR count). The number of hydrogen-bond donors (Lipinski definition) is 1. The van der Waals surface area contributed by atoms with E-state index in [0.29, 0.717) is 5.56 Å². The second-order valence-corrected chi connectivity index (χ2v) is 15.8. The van der Waals surface area contributed by atoms with Gasteiger partial charge in [0.15, 0.2) is 0 Å². The van der Waals surface area contributed by atoms with E-state index in [2.05, 4.69) is 73.8 Å². The van der Waals surface area contributed by atoms with Gasteiger partial charge in [-0.25, -0.2) is 4.79 Å². The SMILES string of the molecule is O=C(O)c1c(C(I)(I)I)ccc2cc3ccccc3cc12. The number of halogens is 3. The van der Waals surface area contributed by atoms with Crippen molar-refractivity contribution >= 4 is 95.3 Å². The highest BCUT2D eigenvalue weighted by molar-refractivity contribution is 14.3. The van der Waals surface area contributed by atoms with Gasteiger partial charge in [-0.05, 0) is 101 Å². The van der Waals surface area contributed by atoms with E-state index in [1.165, 1.54) is 0 Å². The van der Waals surface area contributed by atoms with Crippen LogP contribution in [0.3, 0.4) is 0 Å². The monoisotopic (exact) mass is 614 g/mol. The average Bonchev–Trinajstić information content (AvgIpc) is 2.42. The number of carboxylic acid groups (broad SMARTS) is 1. The summed E-state index contributed by atoms with van der Waals surface area (Å²) in [7, 11) is 0. The largest absolute Gasteiger partial charge is 0.478 e. The predicted octanol–water partition coefficient (Wildman–Crippen LogP) is 6.11. The summed E-state index contributed by atoms with van der Waals surface area (Å²) in [4.78, 5) is 11.8. The Kier molecular flexibility index (Phi) is 4.34. The summed E-state index contributed by atoms with van der Waals surface area (Å²) < 4.78 is -0.291. The lowest BCUT2D eigenvalue weighted by molar-refractivity contribution is 0.0698. The van der Waals surface area contributed by atoms with Crippen LogP contribution < -0.4 is 0 Å². The molecule has 3 aromatic rings. The molecule has 2 nitrogen and oxygen atoms in total. The van der Waals surface area contributed by atoms with Gasteiger partial charge in [0.2, 0.25) is 0 Å². The predicted molar refractivity (Wildman–Crippen MR) is 112 cm³/mol. The third-order valence-corrected chi connectivity index (χ3v) is 5.15. The highest BCUT2D eigenvalue weighted by atomic mass is 127. The Morgan fingerprint density at radius 2 is 1.52 bits per heavy atom. The van der Waals surface area contributed by atoms with Gasteiger partial charge in [-0.15, -0.1) is 0 Å². The fourth-order valence-electron chi connectivity index (χ4n) is 2.48. The number of aromatic carboxylic acids is 1. The third kappa shape index (κ3) is 3.00. The molecule has 0 aliphatic rings. The Labute approximate surface area is 162 Å². The minimum Gasteiger partial charge on any atom is -0.478 e. The highest BCUT2D eigenvalue weighted by Crippen LogP contribution is 2.48. The standard InChI is InChI=1S/C16H9I3O2/c17-16(18,19)13-6-5-11-7-9-3-1-2-4-10(9)8-12(11)14(13)15(20)21/h1-8H,(H,20,21). The van der Waals surface area contributed by atoms with Gasteiger partial charge in [-0.1, -0.05) is 36.4 Å². The van der Waals surface area contributed by atoms with Gasteiger partial charge in [0.25, 0.3) is 0 Å². The molecule has 0 radical (unpaired) electrons. The van der Waals surface area contributed by atoms with E-state index in [4.69, 9.17) is 0 Å². The molecule has 0 atom stereocenters. The summed E-state index contributed by atoms with van der Waals surface area (Å²) >= 11 is 6.79. The Bertz CT molecular complexity index is 866. The van der Waals surface area contributed by atoms with Crippen molar-refractivity contribution in [1.29, 1.82) is 0 Å². The maximum atomic E-state index is 11.8. The van der Waals surface area contributed by atoms with E-state index < -0.39 is 5.97 Å². The molecular weight excluding hydrogens is 605 g/mol. The third-order valence-electron chi connectivity index (χ3n) is 3.41. The molecule has 3 aromatic carbocycles. The van der Waals surface area contributed by atoms with Crippen molar-refractivity contribution in [3.63, 3.8) is 0 Å². The van der Waals surface area contributed by atoms with Gasteiger partial charge < -0.3 is 5.11 Å². The van der Waals surface area contributed by atoms with Crippen molar-refractivity contribution in [2.24, 2.45) is 0 Å². The van der Waals surface area contributed by atoms with Gasteiger partial charge in [-0.3, -0.25) is 0 Å². The highest BCUT2D eigenvalue weighted by Gasteiger charge is 2.28. The Hall–Kier alpha value is -0.160. The van der Waals surface area contributed by atoms with E-state index in [0.717, 1.165) is 27.1 Å². The van der Waals surface area contributed by atoms with Crippen LogP contribution in [0.15, 0.2) is 48.5 Å². The average molecular weight is 614 g/mol. The number of carboxylic acids is 1. The molecule has 0 saturated carbocycles. The Balaban J connectivity index is 2.47. The first-order valence-electron chi connectivity index (χ1n) is 6.14. The molecule has 5 heteroatoms. The first kappa shape index (κ1) is 15.7. The summed E-state index contributed by atoms with van der Waals surface area (Å²) in [5, 5.41) is 13.6. The van der Waals surface area contributed by atoms with Gasteiger partial charge >= 0.3 is 5.97 Å². The lowest BCUT2D eigenvalue weighted by Crippen LogP contribution is -2.09. The van der Waals surface area contributed by atoms with Crippen LogP contribution in [-0.4, -0.2) is 11.1 Å². The molecule has 0 aromatic heterocycles. The van der Waals surface area contributed by atoms with E-state index in [9.17, 15) is 9.90 Å². The van der Waals surface area contributed by atoms with Crippen LogP contribution in [0.2, 0.25) is 0 Å². The Morgan fingerprint density at radius 1 is 0.905 bits per heavy atom. The van der Waals surface area contributed by atoms with E-state index >= 15 is 0 Å². The first-order valence-corrected chi connectivity index (χ1v) is 9.37. The van der Waals surface area contributed by atoms with E-state index in [1.54, 1.807) is 0 Å². The maximum Gasteiger partial charge on any atom is 0.336 e. The van der Waals surface area contributed by atoms with Crippen molar-refractivity contribution in [2.45, 2.75) is -0.565 Å². The number of rotatable bonds is 2. The van der Waals surface area contributed by atoms with Gasteiger partial charge in [-0.2, -0.15) is 0 Å². The molecule has 0 fully saturated rings. The molecule has 106 valence electrons. The normalized spacial score (nSPS) is 12.0. The topological polar surface area (TPSA) is 37.3 Å². The fourth-order valence-corrected chi connectivity index (χ4v) is 3.83. The molecule has 0 amide bonds. The van der Waals surface area contributed by atoms with Crippen LogP contribution in [0.25, 0.3) is 21.5 Å². The van der Waals surface area contributed by atoms with Crippen LogP contribution in [0.4, 0.5) is 0 Å². The summed E-state index contributed by atoms with van der Waals surface area (Å²) in [6.45, 7) is 0. The van der Waals surface area contributed by atoms with Crippen molar-refractivity contribution in [3.8, 4) is 0 Å². The summed E-state index contributed by atoms with van der Waals surface area (Å²) in [6, 6.07) is 16.0. The number of benzene rings is 3. The van der Waals surface area contributed by atoms with Gasteiger partial charge in [0, 0.05) is 5.56 Å². The minimum atomic E-state index is -0.875. The summed E-state index contributed by atoms with van der Waals surface area (Å²) in [5.74, 6) is -0.875. The molecule has 0 unspecified atom stereocenters. The molecular formula is C16H9I3O2. The molecule has 0 aliphatic heterocycles. The second kappa shape index (κ2) is 5.80. The zero-order chi connectivity index (χ0) is 15.2. The number of hydrogen-bond acceptors (Lipinski definition) is 1. The number of alkyl halides is 3. The van der Waals surface area contributed by atoms with Crippen molar-refractivity contribution in [2.75, 3.05) is 0 Å². The van der Waals surface area contributed by atoms with Crippen LogP contribution in [0.1, 0.15) is 15.9 Å². The lowest BCUT2D eigenvalue weighted by atomic mass is 9.96.